The lowest BCUT2D eigenvalue weighted by molar-refractivity contribution is -0.140. The lowest BCUT2D eigenvalue weighted by Crippen LogP contribution is -2.46. The first-order chi connectivity index (χ1) is 8.56. The number of hydrogen-bond acceptors (Lipinski definition) is 4. The van der Waals surface area contributed by atoms with Gasteiger partial charge in [-0.05, 0) is 19.3 Å². The Bertz CT molecular complexity index is 286. The van der Waals surface area contributed by atoms with E-state index in [9.17, 15) is 9.59 Å². The molecule has 5 nitrogen and oxygen atoms in total. The van der Waals surface area contributed by atoms with E-state index >= 15 is 0 Å². The molecule has 0 aromatic carbocycles. The van der Waals surface area contributed by atoms with Crippen LogP contribution in [0, 0.1) is 0 Å². The van der Waals surface area contributed by atoms with Crippen molar-refractivity contribution in [2.24, 2.45) is 5.73 Å². The van der Waals surface area contributed by atoms with Crippen LogP contribution in [0.4, 0.5) is 0 Å². The average molecular weight is 256 g/mol. The maximum atomic E-state index is 11.7. The molecule has 5 heteroatoms. The standard InChI is InChI=1S/C13H24N2O3/c1-18-12(17)6-5-9-15-11(16)10-13(14)7-3-2-4-8-13/h2-10,14H2,1H3,(H,15,16). The third-order valence-electron chi connectivity index (χ3n) is 3.47. The maximum absolute atomic E-state index is 11.7. The van der Waals surface area contributed by atoms with Gasteiger partial charge in [0.2, 0.25) is 5.91 Å². The molecule has 1 rings (SSSR count). The Kier molecular flexibility index (Phi) is 6.12. The van der Waals surface area contributed by atoms with Gasteiger partial charge in [0.1, 0.15) is 0 Å². The summed E-state index contributed by atoms with van der Waals surface area (Å²) in [7, 11) is 1.36. The van der Waals surface area contributed by atoms with E-state index in [4.69, 9.17) is 5.73 Å². The first-order valence-electron chi connectivity index (χ1n) is 6.68. The van der Waals surface area contributed by atoms with Crippen molar-refractivity contribution < 1.29 is 14.3 Å². The minimum absolute atomic E-state index is 0.00994. The van der Waals surface area contributed by atoms with Crippen LogP contribution in [0.1, 0.15) is 51.4 Å². The number of hydrogen-bond donors (Lipinski definition) is 2. The van der Waals surface area contributed by atoms with Gasteiger partial charge in [-0.3, -0.25) is 9.59 Å². The Hall–Kier alpha value is -1.10. The molecular formula is C13H24N2O3. The molecule has 0 aliphatic heterocycles. The minimum atomic E-state index is -0.315. The lowest BCUT2D eigenvalue weighted by atomic mass is 9.80. The molecule has 1 aliphatic carbocycles. The molecule has 0 saturated heterocycles. The van der Waals surface area contributed by atoms with Crippen LogP contribution in [-0.4, -0.2) is 31.1 Å². The molecular weight excluding hydrogens is 232 g/mol. The molecule has 0 aromatic heterocycles. The fraction of sp³-hybridized carbons (Fsp3) is 0.846. The summed E-state index contributed by atoms with van der Waals surface area (Å²) < 4.78 is 4.52. The van der Waals surface area contributed by atoms with Gasteiger partial charge in [0, 0.05) is 24.9 Å². The van der Waals surface area contributed by atoms with Crippen LogP contribution < -0.4 is 11.1 Å². The number of methoxy groups -OCH3 is 1. The molecule has 18 heavy (non-hydrogen) atoms. The Balaban J connectivity index is 2.15. The second-order valence-corrected chi connectivity index (χ2v) is 5.13. The van der Waals surface area contributed by atoms with Crippen molar-refractivity contribution >= 4 is 11.9 Å². The fourth-order valence-corrected chi connectivity index (χ4v) is 2.38. The van der Waals surface area contributed by atoms with E-state index in [1.54, 1.807) is 0 Å². The number of esters is 1. The minimum Gasteiger partial charge on any atom is -0.469 e. The van der Waals surface area contributed by atoms with E-state index in [1.165, 1.54) is 13.5 Å². The van der Waals surface area contributed by atoms with Gasteiger partial charge in [0.05, 0.1) is 7.11 Å². The quantitative estimate of drug-likeness (QED) is 0.551. The van der Waals surface area contributed by atoms with Crippen LogP contribution in [-0.2, 0) is 14.3 Å². The summed E-state index contributed by atoms with van der Waals surface area (Å²) in [4.78, 5) is 22.6. The zero-order valence-corrected chi connectivity index (χ0v) is 11.2. The number of amides is 1. The SMILES string of the molecule is COC(=O)CCCNC(=O)CC1(N)CCCCC1. The molecule has 0 atom stereocenters. The van der Waals surface area contributed by atoms with E-state index in [-0.39, 0.29) is 17.4 Å². The summed E-state index contributed by atoms with van der Waals surface area (Å²) in [5.74, 6) is -0.254. The molecule has 0 spiro atoms. The van der Waals surface area contributed by atoms with E-state index in [0.717, 1.165) is 25.7 Å². The van der Waals surface area contributed by atoms with Crippen LogP contribution in [0.25, 0.3) is 0 Å². The van der Waals surface area contributed by atoms with Gasteiger partial charge in [0.15, 0.2) is 0 Å². The van der Waals surface area contributed by atoms with Gasteiger partial charge in [-0.2, -0.15) is 0 Å². The van der Waals surface area contributed by atoms with E-state index < -0.39 is 0 Å². The van der Waals surface area contributed by atoms with Gasteiger partial charge >= 0.3 is 5.97 Å². The monoisotopic (exact) mass is 256 g/mol. The highest BCUT2D eigenvalue weighted by atomic mass is 16.5. The van der Waals surface area contributed by atoms with Gasteiger partial charge in [-0.15, -0.1) is 0 Å². The lowest BCUT2D eigenvalue weighted by Gasteiger charge is -2.32. The second kappa shape index (κ2) is 7.36. The molecule has 1 fully saturated rings. The molecule has 0 heterocycles. The molecule has 0 aromatic rings. The summed E-state index contributed by atoms with van der Waals surface area (Å²) in [6, 6.07) is 0. The van der Waals surface area contributed by atoms with E-state index in [2.05, 4.69) is 10.1 Å². The number of rotatable bonds is 6. The van der Waals surface area contributed by atoms with Crippen molar-refractivity contribution in [2.75, 3.05) is 13.7 Å². The Morgan fingerprint density at radius 3 is 2.56 bits per heavy atom. The maximum Gasteiger partial charge on any atom is 0.305 e. The van der Waals surface area contributed by atoms with Gasteiger partial charge in [-0.25, -0.2) is 0 Å². The molecule has 0 bridgehead atoms. The molecule has 1 amide bonds. The van der Waals surface area contributed by atoms with Crippen LogP contribution >= 0.6 is 0 Å². The van der Waals surface area contributed by atoms with Crippen molar-refractivity contribution in [3.05, 3.63) is 0 Å². The Labute approximate surface area is 108 Å². The molecule has 3 N–H and O–H groups in total. The number of nitrogens with one attached hydrogen (secondary N) is 1. The number of carbonyl (C=O) groups excluding carboxylic acids is 2. The first-order valence-corrected chi connectivity index (χ1v) is 6.68. The predicted molar refractivity (Wildman–Crippen MR) is 68.9 cm³/mol. The highest BCUT2D eigenvalue weighted by Gasteiger charge is 2.29. The molecule has 0 unspecified atom stereocenters. The third kappa shape index (κ3) is 5.49. The van der Waals surface area contributed by atoms with Crippen LogP contribution in [0.5, 0.6) is 0 Å². The van der Waals surface area contributed by atoms with Crippen LogP contribution in [0.15, 0.2) is 0 Å². The molecule has 0 radical (unpaired) electrons. The third-order valence-corrected chi connectivity index (χ3v) is 3.47. The highest BCUT2D eigenvalue weighted by molar-refractivity contribution is 5.77. The van der Waals surface area contributed by atoms with E-state index in [0.29, 0.717) is 25.8 Å². The zero-order valence-electron chi connectivity index (χ0n) is 11.2. The van der Waals surface area contributed by atoms with Crippen molar-refractivity contribution in [3.63, 3.8) is 0 Å². The molecule has 1 aliphatic rings. The first kappa shape index (κ1) is 15.0. The number of nitrogens with two attached hydrogens (primary N) is 1. The van der Waals surface area contributed by atoms with Gasteiger partial charge in [0.25, 0.3) is 0 Å². The van der Waals surface area contributed by atoms with Crippen molar-refractivity contribution in [1.82, 2.24) is 5.32 Å². The highest BCUT2D eigenvalue weighted by Crippen LogP contribution is 2.28. The topological polar surface area (TPSA) is 81.4 Å². The Morgan fingerprint density at radius 2 is 1.94 bits per heavy atom. The molecule has 104 valence electrons. The van der Waals surface area contributed by atoms with Gasteiger partial charge < -0.3 is 15.8 Å². The largest absolute Gasteiger partial charge is 0.469 e. The zero-order chi connectivity index (χ0) is 13.4. The van der Waals surface area contributed by atoms with E-state index in [1.807, 2.05) is 0 Å². The van der Waals surface area contributed by atoms with Crippen LogP contribution in [0.2, 0.25) is 0 Å². The summed E-state index contributed by atoms with van der Waals surface area (Å²) in [6.45, 7) is 0.504. The average Bonchev–Trinajstić information content (AvgIpc) is 2.34. The fourth-order valence-electron chi connectivity index (χ4n) is 2.38. The summed E-state index contributed by atoms with van der Waals surface area (Å²) in [5.41, 5.74) is 5.88. The summed E-state index contributed by atoms with van der Waals surface area (Å²) in [5, 5.41) is 2.81. The van der Waals surface area contributed by atoms with Crippen molar-refractivity contribution in [3.8, 4) is 0 Å². The van der Waals surface area contributed by atoms with Crippen LogP contribution in [0.3, 0.4) is 0 Å². The normalized spacial score (nSPS) is 18.1. The smallest absolute Gasteiger partial charge is 0.305 e. The number of ether oxygens (including phenoxy) is 1. The summed E-state index contributed by atoms with van der Waals surface area (Å²) >= 11 is 0. The Morgan fingerprint density at radius 1 is 1.28 bits per heavy atom. The summed E-state index contributed by atoms with van der Waals surface area (Å²) in [6.07, 6.45) is 6.66. The predicted octanol–water partition coefficient (Wildman–Crippen LogP) is 1.11. The molecule has 1 saturated carbocycles. The van der Waals surface area contributed by atoms with Crippen molar-refractivity contribution in [2.45, 2.75) is 56.9 Å². The second-order valence-electron chi connectivity index (χ2n) is 5.13. The number of carbonyl (C=O) groups is 2. The van der Waals surface area contributed by atoms with Crippen molar-refractivity contribution in [1.29, 1.82) is 0 Å². The van der Waals surface area contributed by atoms with Gasteiger partial charge in [-0.1, -0.05) is 19.3 Å².